The van der Waals surface area contributed by atoms with Crippen LogP contribution in [0.4, 0.5) is 5.69 Å². The smallest absolute Gasteiger partial charge is 0.337 e. The Balaban J connectivity index is 2.74. The van der Waals surface area contributed by atoms with E-state index >= 15 is 0 Å². The lowest BCUT2D eigenvalue weighted by Crippen LogP contribution is -2.32. The summed E-state index contributed by atoms with van der Waals surface area (Å²) in [6.07, 6.45) is 2.93. The summed E-state index contributed by atoms with van der Waals surface area (Å²) in [5, 5.41) is 0.222. The van der Waals surface area contributed by atoms with Gasteiger partial charge in [0.15, 0.2) is 0 Å². The van der Waals surface area contributed by atoms with Gasteiger partial charge in [-0.05, 0) is 36.4 Å². The summed E-state index contributed by atoms with van der Waals surface area (Å²) in [7, 11) is -1.59. The average Bonchev–Trinajstić information content (AvgIpc) is 2.75. The van der Waals surface area contributed by atoms with Crippen LogP contribution in [0.2, 0.25) is 5.02 Å². The Morgan fingerprint density at radius 2 is 1.80 bits per heavy atom. The van der Waals surface area contributed by atoms with Crippen molar-refractivity contribution in [1.29, 1.82) is 0 Å². The minimum atomic E-state index is -4.18. The highest BCUT2D eigenvalue weighted by Crippen LogP contribution is 2.37. The van der Waals surface area contributed by atoms with Crippen LogP contribution >= 0.6 is 11.6 Å². The van der Waals surface area contributed by atoms with Gasteiger partial charge in [-0.3, -0.25) is 4.31 Å². The number of anilines is 1. The van der Waals surface area contributed by atoms with E-state index in [-0.39, 0.29) is 45.8 Å². The van der Waals surface area contributed by atoms with Gasteiger partial charge in [0.1, 0.15) is 23.0 Å². The van der Waals surface area contributed by atoms with Gasteiger partial charge < -0.3 is 14.2 Å². The molecule has 0 saturated carbocycles. The van der Waals surface area contributed by atoms with Crippen LogP contribution in [0.1, 0.15) is 10.4 Å². The SMILES string of the molecule is C=CCOc1ccc(C(=O)OC)cc1N(CC=C)S(=O)(=O)c1cc(Cl)ccc1OC. The van der Waals surface area contributed by atoms with E-state index in [0.717, 1.165) is 4.31 Å². The number of methoxy groups -OCH3 is 2. The average molecular weight is 452 g/mol. The summed E-state index contributed by atoms with van der Waals surface area (Å²) < 4.78 is 43.8. The molecule has 2 rings (SSSR count). The van der Waals surface area contributed by atoms with Gasteiger partial charge in [-0.25, -0.2) is 13.2 Å². The zero-order chi connectivity index (χ0) is 22.3. The van der Waals surface area contributed by atoms with Crippen LogP contribution in [-0.2, 0) is 14.8 Å². The molecule has 0 bridgehead atoms. The predicted molar refractivity (Wildman–Crippen MR) is 116 cm³/mol. The molecular weight excluding hydrogens is 430 g/mol. The van der Waals surface area contributed by atoms with E-state index in [1.165, 1.54) is 62.8 Å². The lowest BCUT2D eigenvalue weighted by Gasteiger charge is -2.26. The second-order valence-corrected chi connectivity index (χ2v) is 8.16. The maximum Gasteiger partial charge on any atom is 0.337 e. The van der Waals surface area contributed by atoms with Crippen molar-refractivity contribution in [1.82, 2.24) is 0 Å². The van der Waals surface area contributed by atoms with Crippen molar-refractivity contribution < 1.29 is 27.4 Å². The molecule has 2 aromatic carbocycles. The Hall–Kier alpha value is -2.97. The topological polar surface area (TPSA) is 82.1 Å². The monoisotopic (exact) mass is 451 g/mol. The molecule has 0 unspecified atom stereocenters. The number of ether oxygens (including phenoxy) is 3. The third-order valence-corrected chi connectivity index (χ3v) is 6.03. The molecule has 160 valence electrons. The van der Waals surface area contributed by atoms with Gasteiger partial charge in [-0.15, -0.1) is 6.58 Å². The van der Waals surface area contributed by atoms with Gasteiger partial charge in [-0.1, -0.05) is 30.3 Å². The summed E-state index contributed by atoms with van der Waals surface area (Å²) in [6.45, 7) is 7.27. The normalized spacial score (nSPS) is 10.8. The molecule has 9 heteroatoms. The van der Waals surface area contributed by atoms with Crippen molar-refractivity contribution in [2.75, 3.05) is 31.7 Å². The number of esters is 1. The van der Waals surface area contributed by atoms with E-state index in [1.807, 2.05) is 0 Å². The molecule has 0 fully saturated rings. The third kappa shape index (κ3) is 4.95. The van der Waals surface area contributed by atoms with Gasteiger partial charge in [-0.2, -0.15) is 0 Å². The zero-order valence-corrected chi connectivity index (χ0v) is 18.2. The van der Waals surface area contributed by atoms with Crippen molar-refractivity contribution in [3.05, 3.63) is 72.3 Å². The fourth-order valence-electron chi connectivity index (χ4n) is 2.64. The Morgan fingerprint density at radius 3 is 2.40 bits per heavy atom. The first-order valence-electron chi connectivity index (χ1n) is 8.73. The maximum absolute atomic E-state index is 13.6. The Kier molecular flexibility index (Phi) is 7.91. The molecule has 0 saturated heterocycles. The van der Waals surface area contributed by atoms with Crippen LogP contribution in [0.3, 0.4) is 0 Å². The molecule has 0 aliphatic carbocycles. The second kappa shape index (κ2) is 10.2. The predicted octanol–water partition coefficient (Wildman–Crippen LogP) is 4.08. The number of carbonyl (C=O) groups is 1. The van der Waals surface area contributed by atoms with Crippen molar-refractivity contribution >= 4 is 33.3 Å². The van der Waals surface area contributed by atoms with E-state index < -0.39 is 16.0 Å². The van der Waals surface area contributed by atoms with Crippen LogP contribution in [0, 0.1) is 0 Å². The molecule has 0 amide bonds. The van der Waals surface area contributed by atoms with Crippen LogP contribution in [0.25, 0.3) is 0 Å². The van der Waals surface area contributed by atoms with E-state index in [2.05, 4.69) is 13.2 Å². The van der Waals surface area contributed by atoms with Gasteiger partial charge >= 0.3 is 5.97 Å². The Bertz CT molecular complexity index is 1050. The summed E-state index contributed by atoms with van der Waals surface area (Å²) in [5.41, 5.74) is 0.280. The number of nitrogens with zero attached hydrogens (tertiary/aromatic N) is 1. The van der Waals surface area contributed by atoms with Gasteiger partial charge in [0.2, 0.25) is 0 Å². The molecule has 0 aromatic heterocycles. The number of rotatable bonds is 10. The van der Waals surface area contributed by atoms with Crippen molar-refractivity contribution in [2.24, 2.45) is 0 Å². The van der Waals surface area contributed by atoms with Crippen LogP contribution in [0.15, 0.2) is 66.6 Å². The fraction of sp³-hybridized carbons (Fsp3) is 0.190. The van der Waals surface area contributed by atoms with E-state index in [1.54, 1.807) is 0 Å². The first-order chi connectivity index (χ1) is 14.3. The molecule has 7 nitrogen and oxygen atoms in total. The molecule has 0 N–H and O–H groups in total. The molecule has 0 spiro atoms. The highest BCUT2D eigenvalue weighted by Gasteiger charge is 2.30. The van der Waals surface area contributed by atoms with Crippen LogP contribution < -0.4 is 13.8 Å². The standard InChI is InChI=1S/C21H22ClNO6S/c1-5-11-23(30(25,26)20-14-16(22)8-10-19(20)27-3)17-13-15(21(24)28-4)7-9-18(17)29-12-6-2/h5-10,13-14H,1-2,11-12H2,3-4H3. The van der Waals surface area contributed by atoms with Crippen molar-refractivity contribution in [3.63, 3.8) is 0 Å². The molecule has 30 heavy (non-hydrogen) atoms. The summed E-state index contributed by atoms with van der Waals surface area (Å²) in [4.78, 5) is 11.9. The first kappa shape index (κ1) is 23.3. The lowest BCUT2D eigenvalue weighted by molar-refractivity contribution is 0.0600. The van der Waals surface area contributed by atoms with E-state index in [4.69, 9.17) is 25.8 Å². The van der Waals surface area contributed by atoms with E-state index in [9.17, 15) is 13.2 Å². The van der Waals surface area contributed by atoms with Crippen LogP contribution in [0.5, 0.6) is 11.5 Å². The Morgan fingerprint density at radius 1 is 1.10 bits per heavy atom. The summed E-state index contributed by atoms with van der Waals surface area (Å²) >= 11 is 6.04. The minimum absolute atomic E-state index is 0.104. The number of carbonyl (C=O) groups excluding carboxylic acids is 1. The highest BCUT2D eigenvalue weighted by atomic mass is 35.5. The maximum atomic E-state index is 13.6. The van der Waals surface area contributed by atoms with Crippen molar-refractivity contribution in [2.45, 2.75) is 4.90 Å². The number of benzene rings is 2. The molecule has 0 atom stereocenters. The van der Waals surface area contributed by atoms with Gasteiger partial charge in [0.25, 0.3) is 10.0 Å². The number of hydrogen-bond acceptors (Lipinski definition) is 6. The second-order valence-electron chi connectivity index (χ2n) is 5.89. The van der Waals surface area contributed by atoms with Gasteiger partial charge in [0.05, 0.1) is 32.0 Å². The molecular formula is C21H22ClNO6S. The number of hydrogen-bond donors (Lipinski definition) is 0. The van der Waals surface area contributed by atoms with E-state index in [0.29, 0.717) is 0 Å². The number of halogens is 1. The molecule has 0 heterocycles. The number of sulfonamides is 1. The zero-order valence-electron chi connectivity index (χ0n) is 16.6. The summed E-state index contributed by atoms with van der Waals surface area (Å²) in [5.74, 6) is -0.275. The Labute approximate surface area is 181 Å². The highest BCUT2D eigenvalue weighted by molar-refractivity contribution is 7.93. The first-order valence-corrected chi connectivity index (χ1v) is 10.5. The fourth-order valence-corrected chi connectivity index (χ4v) is 4.50. The molecule has 0 aliphatic heterocycles. The molecule has 0 radical (unpaired) electrons. The largest absolute Gasteiger partial charge is 0.495 e. The quantitative estimate of drug-likeness (QED) is 0.400. The molecule has 0 aliphatic rings. The summed E-state index contributed by atoms with van der Waals surface area (Å²) in [6, 6.07) is 8.62. The third-order valence-electron chi connectivity index (χ3n) is 3.99. The lowest BCUT2D eigenvalue weighted by atomic mass is 10.2. The minimum Gasteiger partial charge on any atom is -0.495 e. The van der Waals surface area contributed by atoms with Crippen molar-refractivity contribution in [3.8, 4) is 11.5 Å². The molecule has 2 aromatic rings. The van der Waals surface area contributed by atoms with Gasteiger partial charge in [0, 0.05) is 5.02 Å². The van der Waals surface area contributed by atoms with Crippen LogP contribution in [-0.4, -0.2) is 41.8 Å².